The second-order valence-corrected chi connectivity index (χ2v) is 5.55. The second-order valence-electron chi connectivity index (χ2n) is 4.26. The minimum absolute atomic E-state index is 0.583. The first-order chi connectivity index (χ1) is 7.66. The molecule has 0 radical (unpaired) electrons. The van der Waals surface area contributed by atoms with Gasteiger partial charge in [0.2, 0.25) is 0 Å². The number of nitrogens with one attached hydrogen (secondary N) is 1. The molecule has 1 heterocycles. The average molecular weight is 304 g/mol. The average Bonchev–Trinajstić information content (AvgIpc) is 2.27. The predicted molar refractivity (Wildman–Crippen MR) is 71.9 cm³/mol. The van der Waals surface area contributed by atoms with Crippen LogP contribution in [0.4, 0.5) is 0 Å². The van der Waals surface area contributed by atoms with Gasteiger partial charge in [-0.1, -0.05) is 27.5 Å². The van der Waals surface area contributed by atoms with E-state index < -0.39 is 0 Å². The molecule has 88 valence electrons. The van der Waals surface area contributed by atoms with Gasteiger partial charge in [0.15, 0.2) is 0 Å². The van der Waals surface area contributed by atoms with E-state index in [0.717, 1.165) is 35.7 Å². The molecule has 0 bridgehead atoms. The van der Waals surface area contributed by atoms with Crippen LogP contribution in [0.1, 0.15) is 12.5 Å². The molecular formula is C12H16BrClN2. The van der Waals surface area contributed by atoms with Crippen LogP contribution in [0.5, 0.6) is 0 Å². The molecule has 1 aromatic carbocycles. The Morgan fingerprint density at radius 3 is 3.12 bits per heavy atom. The summed E-state index contributed by atoms with van der Waals surface area (Å²) >= 11 is 9.60. The van der Waals surface area contributed by atoms with Gasteiger partial charge in [0, 0.05) is 41.7 Å². The lowest BCUT2D eigenvalue weighted by molar-refractivity contribution is 0.165. The van der Waals surface area contributed by atoms with Crippen molar-refractivity contribution >= 4 is 27.5 Å². The Bertz CT molecular complexity index is 370. The lowest BCUT2D eigenvalue weighted by atomic mass is 10.1. The molecule has 1 fully saturated rings. The summed E-state index contributed by atoms with van der Waals surface area (Å²) in [5.74, 6) is 0. The van der Waals surface area contributed by atoms with E-state index in [1.54, 1.807) is 0 Å². The molecule has 0 aromatic heterocycles. The van der Waals surface area contributed by atoms with Gasteiger partial charge < -0.3 is 5.32 Å². The number of piperazine rings is 1. The fraction of sp³-hybridized carbons (Fsp3) is 0.500. The van der Waals surface area contributed by atoms with Crippen molar-refractivity contribution in [1.82, 2.24) is 10.2 Å². The van der Waals surface area contributed by atoms with Crippen LogP contribution in [0.15, 0.2) is 22.7 Å². The molecule has 0 amide bonds. The van der Waals surface area contributed by atoms with Crippen molar-refractivity contribution < 1.29 is 0 Å². The van der Waals surface area contributed by atoms with E-state index in [1.807, 2.05) is 18.2 Å². The Labute approximate surface area is 110 Å². The van der Waals surface area contributed by atoms with E-state index in [2.05, 4.69) is 33.1 Å². The summed E-state index contributed by atoms with van der Waals surface area (Å²) in [7, 11) is 0. The molecule has 0 unspecified atom stereocenters. The maximum Gasteiger partial charge on any atom is 0.0410 e. The Kier molecular flexibility index (Phi) is 4.25. The molecule has 0 spiro atoms. The largest absolute Gasteiger partial charge is 0.314 e. The van der Waals surface area contributed by atoms with Gasteiger partial charge in [-0.3, -0.25) is 4.90 Å². The number of halogens is 2. The smallest absolute Gasteiger partial charge is 0.0410 e. The summed E-state index contributed by atoms with van der Waals surface area (Å²) in [5.41, 5.74) is 1.27. The first kappa shape index (κ1) is 12.4. The summed E-state index contributed by atoms with van der Waals surface area (Å²) in [5, 5.41) is 4.20. The molecule has 1 N–H and O–H groups in total. The zero-order valence-corrected chi connectivity index (χ0v) is 11.7. The number of nitrogens with zero attached hydrogens (tertiary/aromatic N) is 1. The van der Waals surface area contributed by atoms with E-state index >= 15 is 0 Å². The van der Waals surface area contributed by atoms with Gasteiger partial charge in [0.1, 0.15) is 0 Å². The maximum atomic E-state index is 6.02. The van der Waals surface area contributed by atoms with Gasteiger partial charge in [-0.25, -0.2) is 0 Å². The van der Waals surface area contributed by atoms with Gasteiger partial charge in [-0.05, 0) is 30.7 Å². The minimum Gasteiger partial charge on any atom is -0.314 e. The van der Waals surface area contributed by atoms with Crippen LogP contribution in [0, 0.1) is 0 Å². The predicted octanol–water partition coefficient (Wildman–Crippen LogP) is 2.90. The fourth-order valence-corrected chi connectivity index (χ4v) is 2.57. The Hall–Kier alpha value is -0.0900. The van der Waals surface area contributed by atoms with Crippen LogP contribution in [-0.4, -0.2) is 30.6 Å². The highest BCUT2D eigenvalue weighted by Crippen LogP contribution is 2.23. The lowest BCUT2D eigenvalue weighted by Gasteiger charge is -2.34. The summed E-state index contributed by atoms with van der Waals surface area (Å²) in [4.78, 5) is 2.48. The molecule has 0 saturated carbocycles. The molecular weight excluding hydrogens is 288 g/mol. The summed E-state index contributed by atoms with van der Waals surface area (Å²) in [6, 6.07) is 6.56. The highest BCUT2D eigenvalue weighted by atomic mass is 79.9. The van der Waals surface area contributed by atoms with Gasteiger partial charge in [-0.2, -0.15) is 0 Å². The SMILES string of the molecule is C[C@@H]1CNCCN1Cc1cc(Cl)ccc1Br. The molecule has 4 heteroatoms. The summed E-state index contributed by atoms with van der Waals surface area (Å²) in [6.07, 6.45) is 0. The highest BCUT2D eigenvalue weighted by molar-refractivity contribution is 9.10. The number of hydrogen-bond donors (Lipinski definition) is 1. The third-order valence-electron chi connectivity index (χ3n) is 3.02. The Balaban J connectivity index is 2.10. The fourth-order valence-electron chi connectivity index (χ4n) is 2.00. The first-order valence-corrected chi connectivity index (χ1v) is 6.72. The molecule has 1 aromatic rings. The van der Waals surface area contributed by atoms with Crippen molar-refractivity contribution in [3.05, 3.63) is 33.3 Å². The third-order valence-corrected chi connectivity index (χ3v) is 4.03. The standard InChI is InChI=1S/C12H16BrClN2/c1-9-7-15-4-5-16(9)8-10-6-11(14)2-3-12(10)13/h2-3,6,9,15H,4-5,7-8H2,1H3/t9-/m1/s1. The van der Waals surface area contributed by atoms with E-state index in [4.69, 9.17) is 11.6 Å². The minimum atomic E-state index is 0.583. The molecule has 1 aliphatic heterocycles. The van der Waals surface area contributed by atoms with E-state index in [1.165, 1.54) is 5.56 Å². The van der Waals surface area contributed by atoms with Crippen molar-refractivity contribution in [2.75, 3.05) is 19.6 Å². The van der Waals surface area contributed by atoms with Crippen molar-refractivity contribution in [2.24, 2.45) is 0 Å². The van der Waals surface area contributed by atoms with E-state index in [-0.39, 0.29) is 0 Å². The highest BCUT2D eigenvalue weighted by Gasteiger charge is 2.18. The normalized spacial score (nSPS) is 22.3. The molecule has 2 nitrogen and oxygen atoms in total. The quantitative estimate of drug-likeness (QED) is 0.904. The topological polar surface area (TPSA) is 15.3 Å². The summed E-state index contributed by atoms with van der Waals surface area (Å²) in [6.45, 7) is 6.45. The third kappa shape index (κ3) is 2.98. The lowest BCUT2D eigenvalue weighted by Crippen LogP contribution is -2.49. The van der Waals surface area contributed by atoms with Crippen LogP contribution >= 0.6 is 27.5 Å². The maximum absolute atomic E-state index is 6.02. The van der Waals surface area contributed by atoms with Crippen LogP contribution in [0.3, 0.4) is 0 Å². The molecule has 2 rings (SSSR count). The monoisotopic (exact) mass is 302 g/mol. The Morgan fingerprint density at radius 1 is 1.56 bits per heavy atom. The van der Waals surface area contributed by atoms with E-state index in [9.17, 15) is 0 Å². The molecule has 1 saturated heterocycles. The Morgan fingerprint density at radius 2 is 2.38 bits per heavy atom. The van der Waals surface area contributed by atoms with Crippen molar-refractivity contribution in [1.29, 1.82) is 0 Å². The zero-order chi connectivity index (χ0) is 11.5. The van der Waals surface area contributed by atoms with Crippen LogP contribution in [-0.2, 0) is 6.54 Å². The van der Waals surface area contributed by atoms with E-state index in [0.29, 0.717) is 6.04 Å². The zero-order valence-electron chi connectivity index (χ0n) is 9.34. The number of benzene rings is 1. The van der Waals surface area contributed by atoms with Gasteiger partial charge in [0.05, 0.1) is 0 Å². The molecule has 1 aliphatic rings. The number of hydrogen-bond acceptors (Lipinski definition) is 2. The summed E-state index contributed by atoms with van der Waals surface area (Å²) < 4.78 is 1.14. The van der Waals surface area contributed by atoms with Crippen LogP contribution in [0.2, 0.25) is 5.02 Å². The first-order valence-electron chi connectivity index (χ1n) is 5.55. The van der Waals surface area contributed by atoms with Gasteiger partial charge >= 0.3 is 0 Å². The second kappa shape index (κ2) is 5.50. The van der Waals surface area contributed by atoms with Crippen molar-refractivity contribution in [2.45, 2.75) is 19.5 Å². The molecule has 0 aliphatic carbocycles. The molecule has 16 heavy (non-hydrogen) atoms. The van der Waals surface area contributed by atoms with Crippen LogP contribution in [0.25, 0.3) is 0 Å². The number of rotatable bonds is 2. The van der Waals surface area contributed by atoms with Crippen molar-refractivity contribution in [3.63, 3.8) is 0 Å². The van der Waals surface area contributed by atoms with Gasteiger partial charge in [0.25, 0.3) is 0 Å². The molecule has 1 atom stereocenters. The van der Waals surface area contributed by atoms with Crippen LogP contribution < -0.4 is 5.32 Å². The van der Waals surface area contributed by atoms with Gasteiger partial charge in [-0.15, -0.1) is 0 Å². The van der Waals surface area contributed by atoms with Crippen molar-refractivity contribution in [3.8, 4) is 0 Å².